The van der Waals surface area contributed by atoms with Gasteiger partial charge in [-0.15, -0.1) is 10.2 Å². The van der Waals surface area contributed by atoms with E-state index >= 15 is 0 Å². The van der Waals surface area contributed by atoms with Crippen molar-refractivity contribution in [1.82, 2.24) is 15.1 Å². The number of benzene rings is 2. The summed E-state index contributed by atoms with van der Waals surface area (Å²) in [6, 6.07) is 18.6. The molecule has 2 aromatic carbocycles. The summed E-state index contributed by atoms with van der Waals surface area (Å²) in [6.45, 7) is 2.62. The lowest BCUT2D eigenvalue weighted by Crippen LogP contribution is -2.50. The highest BCUT2D eigenvalue weighted by molar-refractivity contribution is 6.30. The maximum absolute atomic E-state index is 12.5. The quantitative estimate of drug-likeness (QED) is 0.586. The number of anilines is 1. The molecule has 7 nitrogen and oxygen atoms in total. The average Bonchev–Trinajstić information content (AvgIpc) is 2.83. The number of amides is 1. The molecule has 1 aliphatic heterocycles. The molecular formula is C23H23ClN4O3. The Bertz CT molecular complexity index is 1020. The fourth-order valence-corrected chi connectivity index (χ4v) is 3.51. The molecule has 1 aliphatic rings. The first kappa shape index (κ1) is 20.9. The first-order chi connectivity index (χ1) is 15.1. The number of carbonyl (C=O) groups is 1. The third-order valence-corrected chi connectivity index (χ3v) is 5.40. The van der Waals surface area contributed by atoms with E-state index in [1.165, 1.54) is 0 Å². The Hall–Kier alpha value is -3.32. The second-order valence-corrected chi connectivity index (χ2v) is 7.56. The molecule has 4 rings (SSSR count). The summed E-state index contributed by atoms with van der Waals surface area (Å²) >= 11 is 5.94. The van der Waals surface area contributed by atoms with E-state index in [2.05, 4.69) is 15.1 Å². The van der Waals surface area contributed by atoms with E-state index in [1.54, 1.807) is 19.2 Å². The van der Waals surface area contributed by atoms with E-state index in [0.29, 0.717) is 42.7 Å². The Balaban J connectivity index is 1.28. The van der Waals surface area contributed by atoms with Crippen molar-refractivity contribution < 1.29 is 14.3 Å². The van der Waals surface area contributed by atoms with E-state index < -0.39 is 0 Å². The molecule has 31 heavy (non-hydrogen) atoms. The monoisotopic (exact) mass is 438 g/mol. The normalized spacial score (nSPS) is 13.7. The molecular weight excluding hydrogens is 416 g/mol. The number of rotatable bonds is 6. The van der Waals surface area contributed by atoms with Crippen LogP contribution in [0.25, 0.3) is 11.3 Å². The number of nitrogens with zero attached hydrogens (tertiary/aromatic N) is 4. The molecule has 1 amide bonds. The number of carbonyl (C=O) groups excluding carboxylic acids is 1. The van der Waals surface area contributed by atoms with Gasteiger partial charge in [-0.25, -0.2) is 0 Å². The first-order valence-corrected chi connectivity index (χ1v) is 10.4. The molecule has 0 radical (unpaired) electrons. The van der Waals surface area contributed by atoms with Crippen LogP contribution in [-0.4, -0.2) is 60.9 Å². The Morgan fingerprint density at radius 2 is 1.71 bits per heavy atom. The van der Waals surface area contributed by atoms with Gasteiger partial charge in [0.1, 0.15) is 11.5 Å². The highest BCUT2D eigenvalue weighted by atomic mass is 35.5. The molecule has 2 heterocycles. The maximum atomic E-state index is 12.5. The van der Waals surface area contributed by atoms with Gasteiger partial charge in [0.15, 0.2) is 12.4 Å². The molecule has 0 spiro atoms. The second-order valence-electron chi connectivity index (χ2n) is 7.12. The molecule has 1 aromatic heterocycles. The summed E-state index contributed by atoms with van der Waals surface area (Å²) in [4.78, 5) is 16.5. The number of ether oxygens (including phenoxy) is 2. The fraction of sp³-hybridized carbons (Fsp3) is 0.261. The van der Waals surface area contributed by atoms with Crippen molar-refractivity contribution in [3.8, 4) is 22.8 Å². The molecule has 0 N–H and O–H groups in total. The smallest absolute Gasteiger partial charge is 0.260 e. The van der Waals surface area contributed by atoms with Gasteiger partial charge in [-0.1, -0.05) is 29.8 Å². The van der Waals surface area contributed by atoms with Crippen LogP contribution in [0.3, 0.4) is 0 Å². The molecule has 0 saturated carbocycles. The maximum Gasteiger partial charge on any atom is 0.260 e. The van der Waals surface area contributed by atoms with Crippen molar-refractivity contribution >= 4 is 23.3 Å². The van der Waals surface area contributed by atoms with E-state index in [4.69, 9.17) is 21.1 Å². The Morgan fingerprint density at radius 3 is 2.39 bits per heavy atom. The zero-order chi connectivity index (χ0) is 21.6. The van der Waals surface area contributed by atoms with Crippen LogP contribution in [0.2, 0.25) is 5.02 Å². The van der Waals surface area contributed by atoms with Gasteiger partial charge >= 0.3 is 0 Å². The molecule has 8 heteroatoms. The molecule has 0 aliphatic carbocycles. The third-order valence-electron chi connectivity index (χ3n) is 5.15. The molecule has 0 unspecified atom stereocenters. The van der Waals surface area contributed by atoms with Gasteiger partial charge in [0.05, 0.1) is 12.8 Å². The van der Waals surface area contributed by atoms with Crippen LogP contribution in [0.15, 0.2) is 60.7 Å². The number of methoxy groups -OCH3 is 1. The average molecular weight is 439 g/mol. The van der Waals surface area contributed by atoms with Crippen molar-refractivity contribution in [2.24, 2.45) is 0 Å². The summed E-state index contributed by atoms with van der Waals surface area (Å²) in [5.41, 5.74) is 1.76. The van der Waals surface area contributed by atoms with Gasteiger partial charge < -0.3 is 19.3 Å². The van der Waals surface area contributed by atoms with Crippen LogP contribution in [0, 0.1) is 0 Å². The van der Waals surface area contributed by atoms with Gasteiger partial charge in [-0.2, -0.15) is 0 Å². The van der Waals surface area contributed by atoms with Crippen molar-refractivity contribution in [2.45, 2.75) is 0 Å². The highest BCUT2D eigenvalue weighted by Gasteiger charge is 2.22. The topological polar surface area (TPSA) is 67.8 Å². The number of hydrogen-bond acceptors (Lipinski definition) is 6. The Morgan fingerprint density at radius 1 is 0.968 bits per heavy atom. The lowest BCUT2D eigenvalue weighted by Gasteiger charge is -2.35. The molecule has 160 valence electrons. The number of halogens is 1. The minimum Gasteiger partial charge on any atom is -0.497 e. The lowest BCUT2D eigenvalue weighted by molar-refractivity contribution is -0.133. The van der Waals surface area contributed by atoms with Crippen LogP contribution in [0.1, 0.15) is 0 Å². The Labute approximate surface area is 186 Å². The number of aromatic nitrogens is 2. The standard InChI is InChI=1S/C23H23ClN4O3/c1-30-19-3-2-4-20(15-19)31-16-23(29)28-13-11-27(12-14-28)22-10-9-21(25-26-22)17-5-7-18(24)8-6-17/h2-10,15H,11-14,16H2,1H3. The van der Waals surface area contributed by atoms with Crippen molar-refractivity contribution in [3.05, 3.63) is 65.7 Å². The predicted octanol–water partition coefficient (Wildman–Crippen LogP) is 3.53. The van der Waals surface area contributed by atoms with E-state index in [-0.39, 0.29) is 12.5 Å². The van der Waals surface area contributed by atoms with E-state index in [9.17, 15) is 4.79 Å². The van der Waals surface area contributed by atoms with Crippen LogP contribution in [0.4, 0.5) is 5.82 Å². The summed E-state index contributed by atoms with van der Waals surface area (Å²) in [5.74, 6) is 2.08. The summed E-state index contributed by atoms with van der Waals surface area (Å²) in [6.07, 6.45) is 0. The summed E-state index contributed by atoms with van der Waals surface area (Å²) in [7, 11) is 1.60. The van der Waals surface area contributed by atoms with Crippen LogP contribution in [0.5, 0.6) is 11.5 Å². The van der Waals surface area contributed by atoms with Crippen molar-refractivity contribution in [1.29, 1.82) is 0 Å². The molecule has 0 atom stereocenters. The fourth-order valence-electron chi connectivity index (χ4n) is 3.38. The third kappa shape index (κ3) is 5.24. The lowest BCUT2D eigenvalue weighted by atomic mass is 10.1. The minimum absolute atomic E-state index is 0.00274. The SMILES string of the molecule is COc1cccc(OCC(=O)N2CCN(c3ccc(-c4ccc(Cl)cc4)nn3)CC2)c1. The molecule has 1 fully saturated rings. The van der Waals surface area contributed by atoms with E-state index in [1.807, 2.05) is 53.4 Å². The van der Waals surface area contributed by atoms with Gasteiger partial charge in [0, 0.05) is 42.8 Å². The van der Waals surface area contributed by atoms with Gasteiger partial charge in [-0.3, -0.25) is 4.79 Å². The van der Waals surface area contributed by atoms with Gasteiger partial charge in [0.25, 0.3) is 5.91 Å². The summed E-state index contributed by atoms with van der Waals surface area (Å²) in [5, 5.41) is 9.40. The predicted molar refractivity (Wildman–Crippen MR) is 120 cm³/mol. The minimum atomic E-state index is -0.0355. The zero-order valence-corrected chi connectivity index (χ0v) is 18.0. The van der Waals surface area contributed by atoms with Crippen molar-refractivity contribution in [3.63, 3.8) is 0 Å². The Kier molecular flexibility index (Phi) is 6.52. The van der Waals surface area contributed by atoms with Crippen molar-refractivity contribution in [2.75, 3.05) is 44.8 Å². The largest absolute Gasteiger partial charge is 0.497 e. The van der Waals surface area contributed by atoms with Crippen LogP contribution < -0.4 is 14.4 Å². The molecule has 0 bridgehead atoms. The van der Waals surface area contributed by atoms with E-state index in [0.717, 1.165) is 17.1 Å². The number of hydrogen-bond donors (Lipinski definition) is 0. The summed E-state index contributed by atoms with van der Waals surface area (Å²) < 4.78 is 10.8. The van der Waals surface area contributed by atoms with Crippen LogP contribution >= 0.6 is 11.6 Å². The number of piperazine rings is 1. The zero-order valence-electron chi connectivity index (χ0n) is 17.2. The molecule has 3 aromatic rings. The molecule has 1 saturated heterocycles. The van der Waals surface area contributed by atoms with Crippen LogP contribution in [-0.2, 0) is 4.79 Å². The van der Waals surface area contributed by atoms with Gasteiger partial charge in [-0.05, 0) is 36.4 Å². The highest BCUT2D eigenvalue weighted by Crippen LogP contribution is 2.22. The first-order valence-electron chi connectivity index (χ1n) is 10.0. The van der Waals surface area contributed by atoms with Gasteiger partial charge in [0.2, 0.25) is 0 Å². The second kappa shape index (κ2) is 9.66.